The topological polar surface area (TPSA) is 24.5 Å². The first-order chi connectivity index (χ1) is 8.56. The average molecular weight is 250 g/mol. The molecule has 0 bridgehead atoms. The molecule has 1 rings (SSSR count). The maximum Gasteiger partial charge on any atom is 0.118 e. The highest BCUT2D eigenvalue weighted by atomic mass is 16.5. The second-order valence-corrected chi connectivity index (χ2v) is 5.18. The molecule has 0 saturated heterocycles. The predicted octanol–water partition coefficient (Wildman–Crippen LogP) is 2.37. The molecule has 0 amide bonds. The van der Waals surface area contributed by atoms with Gasteiger partial charge in [-0.05, 0) is 37.7 Å². The van der Waals surface area contributed by atoms with Crippen molar-refractivity contribution in [2.45, 2.75) is 26.4 Å². The highest BCUT2D eigenvalue weighted by Crippen LogP contribution is 2.13. The number of nitrogens with one attached hydrogen (secondary N) is 1. The molecule has 0 saturated carbocycles. The summed E-state index contributed by atoms with van der Waals surface area (Å²) in [5.41, 5.74) is 1.32. The van der Waals surface area contributed by atoms with Crippen molar-refractivity contribution in [1.29, 1.82) is 0 Å². The number of benzene rings is 1. The van der Waals surface area contributed by atoms with Crippen LogP contribution in [0.15, 0.2) is 24.3 Å². The average Bonchev–Trinajstić information content (AvgIpc) is 2.36. The Morgan fingerprint density at radius 1 is 1.22 bits per heavy atom. The van der Waals surface area contributed by atoms with Gasteiger partial charge >= 0.3 is 0 Å². The van der Waals surface area contributed by atoms with E-state index in [9.17, 15) is 0 Å². The van der Waals surface area contributed by atoms with Crippen LogP contribution >= 0.6 is 0 Å². The molecule has 1 aromatic carbocycles. The van der Waals surface area contributed by atoms with Gasteiger partial charge in [0.15, 0.2) is 0 Å². The van der Waals surface area contributed by atoms with Crippen molar-refractivity contribution >= 4 is 0 Å². The van der Waals surface area contributed by atoms with Crippen molar-refractivity contribution in [3.63, 3.8) is 0 Å². The molecule has 0 aromatic heterocycles. The standard InChI is InChI=1S/C15H26N2O/c1-12(2)15(16-3)11-17(4)10-13-6-8-14(18-5)9-7-13/h6-9,12,15-16H,10-11H2,1-5H3. The molecule has 3 nitrogen and oxygen atoms in total. The molecule has 1 aromatic rings. The van der Waals surface area contributed by atoms with Gasteiger partial charge in [-0.15, -0.1) is 0 Å². The molecule has 18 heavy (non-hydrogen) atoms. The molecule has 0 radical (unpaired) electrons. The van der Waals surface area contributed by atoms with E-state index in [1.165, 1.54) is 5.56 Å². The number of hydrogen-bond acceptors (Lipinski definition) is 3. The van der Waals surface area contributed by atoms with E-state index in [4.69, 9.17) is 4.74 Å². The highest BCUT2D eigenvalue weighted by Gasteiger charge is 2.13. The summed E-state index contributed by atoms with van der Waals surface area (Å²) in [5, 5.41) is 3.37. The molecule has 0 aliphatic carbocycles. The number of methoxy groups -OCH3 is 1. The second kappa shape index (κ2) is 7.39. The lowest BCUT2D eigenvalue weighted by Gasteiger charge is -2.26. The van der Waals surface area contributed by atoms with Crippen LogP contribution in [0.5, 0.6) is 5.75 Å². The molecule has 1 N–H and O–H groups in total. The smallest absolute Gasteiger partial charge is 0.118 e. The molecule has 0 heterocycles. The number of rotatable bonds is 7. The van der Waals surface area contributed by atoms with E-state index >= 15 is 0 Å². The summed E-state index contributed by atoms with van der Waals surface area (Å²) in [7, 11) is 5.89. The van der Waals surface area contributed by atoms with Gasteiger partial charge in [0.1, 0.15) is 5.75 Å². The van der Waals surface area contributed by atoms with Gasteiger partial charge in [0.2, 0.25) is 0 Å². The minimum atomic E-state index is 0.535. The minimum absolute atomic E-state index is 0.535. The number of hydrogen-bond donors (Lipinski definition) is 1. The van der Waals surface area contributed by atoms with Gasteiger partial charge in [0.25, 0.3) is 0 Å². The van der Waals surface area contributed by atoms with Crippen LogP contribution in [-0.4, -0.2) is 38.7 Å². The summed E-state index contributed by atoms with van der Waals surface area (Å²) >= 11 is 0. The molecule has 0 aliphatic rings. The third-order valence-electron chi connectivity index (χ3n) is 3.30. The number of likely N-dealkylation sites (N-methyl/N-ethyl adjacent to an activating group) is 2. The Morgan fingerprint density at radius 2 is 1.83 bits per heavy atom. The lowest BCUT2D eigenvalue weighted by molar-refractivity contribution is 0.256. The maximum absolute atomic E-state index is 5.16. The van der Waals surface area contributed by atoms with Crippen LogP contribution in [0.1, 0.15) is 19.4 Å². The fourth-order valence-electron chi connectivity index (χ4n) is 2.08. The van der Waals surface area contributed by atoms with Crippen LogP contribution in [-0.2, 0) is 6.54 Å². The molecular weight excluding hydrogens is 224 g/mol. The van der Waals surface area contributed by atoms with Gasteiger partial charge in [0, 0.05) is 19.1 Å². The summed E-state index contributed by atoms with van der Waals surface area (Å²) < 4.78 is 5.16. The van der Waals surface area contributed by atoms with Crippen LogP contribution in [0.4, 0.5) is 0 Å². The lowest BCUT2D eigenvalue weighted by Crippen LogP contribution is -2.40. The normalized spacial score (nSPS) is 13.1. The zero-order valence-electron chi connectivity index (χ0n) is 12.2. The molecule has 0 fully saturated rings. The van der Waals surface area contributed by atoms with E-state index in [-0.39, 0.29) is 0 Å². The van der Waals surface area contributed by atoms with Crippen molar-refractivity contribution < 1.29 is 4.74 Å². The molecule has 0 spiro atoms. The first-order valence-electron chi connectivity index (χ1n) is 6.55. The van der Waals surface area contributed by atoms with Crippen molar-refractivity contribution in [3.05, 3.63) is 29.8 Å². The summed E-state index contributed by atoms with van der Waals surface area (Å²) in [6.07, 6.45) is 0. The molecule has 3 heteroatoms. The third-order valence-corrected chi connectivity index (χ3v) is 3.30. The molecule has 1 atom stereocenters. The first-order valence-corrected chi connectivity index (χ1v) is 6.55. The van der Waals surface area contributed by atoms with Crippen LogP contribution in [0.3, 0.4) is 0 Å². The van der Waals surface area contributed by atoms with Gasteiger partial charge in [0.05, 0.1) is 7.11 Å². The SMILES string of the molecule is CNC(CN(C)Cc1ccc(OC)cc1)C(C)C. The van der Waals surface area contributed by atoms with Gasteiger partial charge in [-0.2, -0.15) is 0 Å². The van der Waals surface area contributed by atoms with E-state index in [2.05, 4.69) is 43.2 Å². The molecular formula is C15H26N2O. The van der Waals surface area contributed by atoms with Crippen LogP contribution in [0.25, 0.3) is 0 Å². The monoisotopic (exact) mass is 250 g/mol. The number of nitrogens with zero attached hydrogens (tertiary/aromatic N) is 1. The zero-order valence-corrected chi connectivity index (χ0v) is 12.2. The van der Waals surface area contributed by atoms with Crippen molar-refractivity contribution in [1.82, 2.24) is 10.2 Å². The lowest BCUT2D eigenvalue weighted by atomic mass is 10.0. The zero-order chi connectivity index (χ0) is 13.5. The van der Waals surface area contributed by atoms with Gasteiger partial charge in [-0.25, -0.2) is 0 Å². The Morgan fingerprint density at radius 3 is 2.28 bits per heavy atom. The predicted molar refractivity (Wildman–Crippen MR) is 77.0 cm³/mol. The fraction of sp³-hybridized carbons (Fsp3) is 0.600. The fourth-order valence-corrected chi connectivity index (χ4v) is 2.08. The Kier molecular flexibility index (Phi) is 6.16. The van der Waals surface area contributed by atoms with Crippen molar-refractivity contribution in [3.8, 4) is 5.75 Å². The van der Waals surface area contributed by atoms with Crippen molar-refractivity contribution in [2.75, 3.05) is 27.7 Å². The van der Waals surface area contributed by atoms with E-state index in [0.717, 1.165) is 18.8 Å². The van der Waals surface area contributed by atoms with E-state index in [0.29, 0.717) is 12.0 Å². The summed E-state index contributed by atoms with van der Waals surface area (Å²) in [6, 6.07) is 8.81. The van der Waals surface area contributed by atoms with E-state index in [1.807, 2.05) is 19.2 Å². The summed E-state index contributed by atoms with van der Waals surface area (Å²) in [4.78, 5) is 2.35. The second-order valence-electron chi connectivity index (χ2n) is 5.18. The Hall–Kier alpha value is -1.06. The van der Waals surface area contributed by atoms with Gasteiger partial charge in [-0.3, -0.25) is 0 Å². The third kappa shape index (κ3) is 4.67. The minimum Gasteiger partial charge on any atom is -0.497 e. The molecule has 102 valence electrons. The van der Waals surface area contributed by atoms with Crippen LogP contribution in [0.2, 0.25) is 0 Å². The molecule has 0 aliphatic heterocycles. The number of ether oxygens (including phenoxy) is 1. The summed E-state index contributed by atoms with van der Waals surface area (Å²) in [6.45, 7) is 6.53. The highest BCUT2D eigenvalue weighted by molar-refractivity contribution is 5.27. The summed E-state index contributed by atoms with van der Waals surface area (Å²) in [5.74, 6) is 1.56. The Bertz CT molecular complexity index is 335. The van der Waals surface area contributed by atoms with Crippen LogP contribution < -0.4 is 10.1 Å². The van der Waals surface area contributed by atoms with Crippen molar-refractivity contribution in [2.24, 2.45) is 5.92 Å². The Balaban J connectivity index is 2.50. The quantitative estimate of drug-likeness (QED) is 0.804. The first kappa shape index (κ1) is 15.0. The van der Waals surface area contributed by atoms with Gasteiger partial charge < -0.3 is 15.0 Å². The van der Waals surface area contributed by atoms with E-state index < -0.39 is 0 Å². The van der Waals surface area contributed by atoms with Crippen LogP contribution in [0, 0.1) is 5.92 Å². The van der Waals surface area contributed by atoms with Gasteiger partial charge in [-0.1, -0.05) is 26.0 Å². The Labute approximate surface area is 111 Å². The van der Waals surface area contributed by atoms with E-state index in [1.54, 1.807) is 7.11 Å². The largest absolute Gasteiger partial charge is 0.497 e. The molecule has 1 unspecified atom stereocenters. The maximum atomic E-state index is 5.16.